The van der Waals surface area contributed by atoms with Crippen LogP contribution in [0, 0.1) is 0 Å². The van der Waals surface area contributed by atoms with Gasteiger partial charge in [0.1, 0.15) is 6.54 Å². The van der Waals surface area contributed by atoms with Crippen LogP contribution < -0.4 is 9.47 Å². The molecule has 0 saturated carbocycles. The second-order valence-electron chi connectivity index (χ2n) is 5.82. The molecule has 0 aliphatic carbocycles. The van der Waals surface area contributed by atoms with E-state index >= 15 is 0 Å². The Balaban J connectivity index is 2.03. The molecule has 0 atom stereocenters. The van der Waals surface area contributed by atoms with Gasteiger partial charge in [0, 0.05) is 13.0 Å². The number of carbonyl (C=O) groups is 2. The lowest BCUT2D eigenvalue weighted by atomic mass is 10.1. The fourth-order valence-electron chi connectivity index (χ4n) is 2.64. The molecule has 6 heteroatoms. The first-order valence-corrected chi connectivity index (χ1v) is 8.28. The Hall–Kier alpha value is -3.02. The molecule has 0 aliphatic rings. The number of rotatable bonds is 9. The zero-order chi connectivity index (χ0) is 18.9. The van der Waals surface area contributed by atoms with Crippen molar-refractivity contribution in [2.24, 2.45) is 0 Å². The van der Waals surface area contributed by atoms with E-state index in [-0.39, 0.29) is 25.4 Å². The Morgan fingerprint density at radius 3 is 2.27 bits per heavy atom. The number of benzene rings is 2. The summed E-state index contributed by atoms with van der Waals surface area (Å²) in [5.74, 6) is -0.00489. The SMILES string of the molecule is COc1ccc(CCC(=O)N(CC(=O)O)Cc2ccccc2)cc1OC. The molecular formula is C20H23NO5. The van der Waals surface area contributed by atoms with E-state index in [0.29, 0.717) is 17.9 Å². The van der Waals surface area contributed by atoms with Crippen LogP contribution in [0.2, 0.25) is 0 Å². The highest BCUT2D eigenvalue weighted by atomic mass is 16.5. The van der Waals surface area contributed by atoms with E-state index in [1.165, 1.54) is 4.90 Å². The highest BCUT2D eigenvalue weighted by Crippen LogP contribution is 2.28. The third kappa shape index (κ3) is 5.51. The normalized spacial score (nSPS) is 10.2. The predicted molar refractivity (Wildman–Crippen MR) is 97.4 cm³/mol. The van der Waals surface area contributed by atoms with Gasteiger partial charge in [-0.2, -0.15) is 0 Å². The lowest BCUT2D eigenvalue weighted by Crippen LogP contribution is -2.35. The Morgan fingerprint density at radius 2 is 1.65 bits per heavy atom. The number of aryl methyl sites for hydroxylation is 1. The standard InChI is InChI=1S/C20H23NO5/c1-25-17-10-8-15(12-18(17)26-2)9-11-19(22)21(14-20(23)24)13-16-6-4-3-5-7-16/h3-8,10,12H,9,11,13-14H2,1-2H3,(H,23,24). The van der Waals surface area contributed by atoms with Crippen LogP contribution in [0.1, 0.15) is 17.5 Å². The van der Waals surface area contributed by atoms with Crippen LogP contribution in [0.25, 0.3) is 0 Å². The molecule has 0 spiro atoms. The van der Waals surface area contributed by atoms with E-state index < -0.39 is 5.97 Å². The van der Waals surface area contributed by atoms with Gasteiger partial charge in [-0.15, -0.1) is 0 Å². The van der Waals surface area contributed by atoms with Crippen LogP contribution in [-0.2, 0) is 22.6 Å². The van der Waals surface area contributed by atoms with Crippen molar-refractivity contribution < 1.29 is 24.2 Å². The summed E-state index contributed by atoms with van der Waals surface area (Å²) in [5, 5.41) is 9.10. The summed E-state index contributed by atoms with van der Waals surface area (Å²) in [5.41, 5.74) is 1.82. The van der Waals surface area contributed by atoms with Crippen LogP contribution in [-0.4, -0.2) is 42.6 Å². The molecule has 0 heterocycles. The van der Waals surface area contributed by atoms with Gasteiger partial charge in [0.15, 0.2) is 11.5 Å². The molecule has 2 aromatic rings. The molecule has 26 heavy (non-hydrogen) atoms. The van der Waals surface area contributed by atoms with Crippen LogP contribution in [0.5, 0.6) is 11.5 Å². The molecule has 2 aromatic carbocycles. The first-order chi connectivity index (χ1) is 12.5. The summed E-state index contributed by atoms with van der Waals surface area (Å²) in [4.78, 5) is 25.0. The smallest absolute Gasteiger partial charge is 0.323 e. The zero-order valence-corrected chi connectivity index (χ0v) is 15.0. The van der Waals surface area contributed by atoms with Gasteiger partial charge in [-0.05, 0) is 29.7 Å². The van der Waals surface area contributed by atoms with Crippen molar-refractivity contribution in [2.45, 2.75) is 19.4 Å². The average molecular weight is 357 g/mol. The third-order valence-electron chi connectivity index (χ3n) is 3.97. The topological polar surface area (TPSA) is 76.1 Å². The predicted octanol–water partition coefficient (Wildman–Crippen LogP) is 2.75. The number of carbonyl (C=O) groups excluding carboxylic acids is 1. The first-order valence-electron chi connectivity index (χ1n) is 8.28. The van der Waals surface area contributed by atoms with Crippen molar-refractivity contribution >= 4 is 11.9 Å². The number of amides is 1. The first kappa shape index (κ1) is 19.3. The van der Waals surface area contributed by atoms with Gasteiger partial charge >= 0.3 is 5.97 Å². The van der Waals surface area contributed by atoms with Crippen LogP contribution in [0.3, 0.4) is 0 Å². The highest BCUT2D eigenvalue weighted by Gasteiger charge is 2.17. The van der Waals surface area contributed by atoms with Crippen molar-refractivity contribution in [3.8, 4) is 11.5 Å². The number of hydrogen-bond donors (Lipinski definition) is 1. The molecular weight excluding hydrogens is 334 g/mol. The molecule has 0 bridgehead atoms. The Bertz CT molecular complexity index is 745. The van der Waals surface area contributed by atoms with Gasteiger partial charge < -0.3 is 19.5 Å². The maximum absolute atomic E-state index is 12.5. The fraction of sp³-hybridized carbons (Fsp3) is 0.300. The second-order valence-corrected chi connectivity index (χ2v) is 5.82. The summed E-state index contributed by atoms with van der Waals surface area (Å²) in [7, 11) is 3.12. The largest absolute Gasteiger partial charge is 0.493 e. The molecule has 0 aromatic heterocycles. The number of aliphatic carboxylic acids is 1. The van der Waals surface area contributed by atoms with Crippen molar-refractivity contribution in [2.75, 3.05) is 20.8 Å². The van der Waals surface area contributed by atoms with Gasteiger partial charge in [0.25, 0.3) is 0 Å². The number of methoxy groups -OCH3 is 2. The molecule has 138 valence electrons. The molecule has 2 rings (SSSR count). The number of nitrogens with zero attached hydrogens (tertiary/aromatic N) is 1. The molecule has 0 radical (unpaired) electrons. The number of carboxylic acids is 1. The van der Waals surface area contributed by atoms with E-state index in [0.717, 1.165) is 11.1 Å². The number of ether oxygens (including phenoxy) is 2. The van der Waals surface area contributed by atoms with Crippen LogP contribution in [0.4, 0.5) is 0 Å². The van der Waals surface area contributed by atoms with Crippen molar-refractivity contribution in [3.05, 3.63) is 59.7 Å². The van der Waals surface area contributed by atoms with E-state index in [9.17, 15) is 9.59 Å². The summed E-state index contributed by atoms with van der Waals surface area (Å²) in [6.45, 7) is -0.0441. The zero-order valence-electron chi connectivity index (χ0n) is 15.0. The highest BCUT2D eigenvalue weighted by molar-refractivity contribution is 5.81. The number of carboxylic acid groups (broad SMARTS) is 1. The van der Waals surface area contributed by atoms with E-state index in [1.807, 2.05) is 42.5 Å². The Morgan fingerprint density at radius 1 is 0.962 bits per heavy atom. The van der Waals surface area contributed by atoms with Crippen LogP contribution >= 0.6 is 0 Å². The molecule has 0 saturated heterocycles. The summed E-state index contributed by atoms with van der Waals surface area (Å²) < 4.78 is 10.5. The molecule has 0 unspecified atom stereocenters. The number of hydrogen-bond acceptors (Lipinski definition) is 4. The molecule has 0 fully saturated rings. The molecule has 1 amide bonds. The maximum Gasteiger partial charge on any atom is 0.323 e. The van der Waals surface area contributed by atoms with Crippen molar-refractivity contribution in [1.82, 2.24) is 4.90 Å². The minimum absolute atomic E-state index is 0.203. The van der Waals surface area contributed by atoms with Gasteiger partial charge in [0.05, 0.1) is 14.2 Å². The van der Waals surface area contributed by atoms with E-state index in [1.54, 1.807) is 20.3 Å². The Kier molecular flexibility index (Phi) is 7.02. The lowest BCUT2D eigenvalue weighted by molar-refractivity contribution is -0.144. The third-order valence-corrected chi connectivity index (χ3v) is 3.97. The van der Waals surface area contributed by atoms with Crippen molar-refractivity contribution in [1.29, 1.82) is 0 Å². The van der Waals surface area contributed by atoms with Gasteiger partial charge in [-0.25, -0.2) is 0 Å². The van der Waals surface area contributed by atoms with Gasteiger partial charge in [-0.3, -0.25) is 9.59 Å². The van der Waals surface area contributed by atoms with E-state index in [4.69, 9.17) is 14.6 Å². The minimum atomic E-state index is -1.03. The lowest BCUT2D eigenvalue weighted by Gasteiger charge is -2.21. The minimum Gasteiger partial charge on any atom is -0.493 e. The average Bonchev–Trinajstić information content (AvgIpc) is 2.65. The summed E-state index contributed by atoms with van der Waals surface area (Å²) in [6.07, 6.45) is 0.708. The Labute approximate surface area is 153 Å². The summed E-state index contributed by atoms with van der Waals surface area (Å²) in [6, 6.07) is 14.8. The van der Waals surface area contributed by atoms with Crippen LogP contribution in [0.15, 0.2) is 48.5 Å². The molecule has 6 nitrogen and oxygen atoms in total. The van der Waals surface area contributed by atoms with Gasteiger partial charge in [-0.1, -0.05) is 36.4 Å². The fourth-order valence-corrected chi connectivity index (χ4v) is 2.64. The monoisotopic (exact) mass is 357 g/mol. The summed E-state index contributed by atoms with van der Waals surface area (Å²) >= 11 is 0. The molecule has 0 aliphatic heterocycles. The molecule has 1 N–H and O–H groups in total. The quantitative estimate of drug-likeness (QED) is 0.747. The second kappa shape index (κ2) is 9.46. The van der Waals surface area contributed by atoms with Gasteiger partial charge in [0.2, 0.25) is 5.91 Å². The van der Waals surface area contributed by atoms with E-state index in [2.05, 4.69) is 0 Å². The van der Waals surface area contributed by atoms with Crippen molar-refractivity contribution in [3.63, 3.8) is 0 Å². The maximum atomic E-state index is 12.5.